The minimum Gasteiger partial charge on any atom is -0.450 e. The Balaban J connectivity index is 2.27. The molecule has 1 heterocycles. The summed E-state index contributed by atoms with van der Waals surface area (Å²) in [4.78, 5) is 10.1. The minimum atomic E-state index is -1.30. The molecule has 2 unspecified atom stereocenters. The van der Waals surface area contributed by atoms with Crippen LogP contribution in [0.4, 0.5) is 4.79 Å². The lowest BCUT2D eigenvalue weighted by Crippen LogP contribution is -2.29. The quantitative estimate of drug-likeness (QED) is 0.649. The third-order valence-electron chi connectivity index (χ3n) is 1.94. The molecule has 0 saturated carbocycles. The summed E-state index contributed by atoms with van der Waals surface area (Å²) in [6.07, 6.45) is -0.277. The molecule has 0 amide bonds. The van der Waals surface area contributed by atoms with Crippen LogP contribution >= 0.6 is 0 Å². The lowest BCUT2D eigenvalue weighted by atomic mass is 9.98. The van der Waals surface area contributed by atoms with Crippen LogP contribution in [0, 0.1) is 17.2 Å². The summed E-state index contributed by atoms with van der Waals surface area (Å²) in [6.45, 7) is 0.527. The molecule has 1 saturated heterocycles. The molecular weight excluding hydrogens is 174 g/mol. The maximum atomic E-state index is 10.1. The molecule has 0 radical (unpaired) electrons. The molecule has 1 aliphatic heterocycles. The van der Waals surface area contributed by atoms with Gasteiger partial charge in [0.25, 0.3) is 0 Å². The van der Waals surface area contributed by atoms with Crippen molar-refractivity contribution >= 4 is 6.16 Å². The van der Waals surface area contributed by atoms with Crippen LogP contribution in [0.1, 0.15) is 12.8 Å². The molecule has 0 aliphatic carbocycles. The van der Waals surface area contributed by atoms with E-state index in [9.17, 15) is 4.79 Å². The molecular formula is C8H11NO4. The normalized spacial score (nSPS) is 27.6. The Morgan fingerprint density at radius 2 is 2.54 bits per heavy atom. The zero-order valence-electron chi connectivity index (χ0n) is 7.10. The number of rotatable bonds is 2. The largest absolute Gasteiger partial charge is 0.505 e. The number of carbonyl (C=O) groups is 1. The molecule has 0 aromatic rings. The van der Waals surface area contributed by atoms with Gasteiger partial charge < -0.3 is 14.6 Å². The van der Waals surface area contributed by atoms with Gasteiger partial charge in [-0.3, -0.25) is 0 Å². The van der Waals surface area contributed by atoms with Gasteiger partial charge in [0.15, 0.2) is 0 Å². The van der Waals surface area contributed by atoms with Gasteiger partial charge in [-0.1, -0.05) is 0 Å². The van der Waals surface area contributed by atoms with Crippen molar-refractivity contribution in [2.75, 3.05) is 13.2 Å². The Morgan fingerprint density at radius 1 is 1.77 bits per heavy atom. The number of carboxylic acid groups (broad SMARTS) is 1. The fourth-order valence-corrected chi connectivity index (χ4v) is 1.28. The molecule has 72 valence electrons. The van der Waals surface area contributed by atoms with Crippen LogP contribution in [-0.4, -0.2) is 30.6 Å². The molecule has 1 rings (SSSR count). The standard InChI is InChI=1S/C8H11NO4/c9-4-6-1-2-12-7(3-6)5-13-8(10)11/h6-7H,1-3,5H2,(H,10,11). The topological polar surface area (TPSA) is 79.5 Å². The summed E-state index contributed by atoms with van der Waals surface area (Å²) in [5.41, 5.74) is 0. The van der Waals surface area contributed by atoms with Crippen LogP contribution in [0.3, 0.4) is 0 Å². The Kier molecular flexibility index (Phi) is 3.53. The van der Waals surface area contributed by atoms with Gasteiger partial charge in [-0.15, -0.1) is 0 Å². The predicted molar refractivity (Wildman–Crippen MR) is 42.1 cm³/mol. The molecule has 13 heavy (non-hydrogen) atoms. The van der Waals surface area contributed by atoms with E-state index in [0.29, 0.717) is 13.0 Å². The summed E-state index contributed by atoms with van der Waals surface area (Å²) in [5.74, 6) is -0.0313. The summed E-state index contributed by atoms with van der Waals surface area (Å²) in [7, 11) is 0. The monoisotopic (exact) mass is 185 g/mol. The van der Waals surface area contributed by atoms with Crippen molar-refractivity contribution in [2.45, 2.75) is 18.9 Å². The van der Waals surface area contributed by atoms with E-state index < -0.39 is 6.16 Å². The first-order valence-electron chi connectivity index (χ1n) is 4.09. The number of nitriles is 1. The predicted octanol–water partition coefficient (Wildman–Crippen LogP) is 1.000. The molecule has 0 bridgehead atoms. The van der Waals surface area contributed by atoms with Gasteiger partial charge in [-0.25, -0.2) is 4.79 Å². The van der Waals surface area contributed by atoms with Crippen molar-refractivity contribution in [1.82, 2.24) is 0 Å². The summed E-state index contributed by atoms with van der Waals surface area (Å²) in [5, 5.41) is 16.8. The highest BCUT2D eigenvalue weighted by Crippen LogP contribution is 2.19. The van der Waals surface area contributed by atoms with Crippen LogP contribution in [-0.2, 0) is 9.47 Å². The maximum absolute atomic E-state index is 10.1. The summed E-state index contributed by atoms with van der Waals surface area (Å²) >= 11 is 0. The van der Waals surface area contributed by atoms with Crippen molar-refractivity contribution in [3.8, 4) is 6.07 Å². The van der Waals surface area contributed by atoms with E-state index in [1.165, 1.54) is 0 Å². The third kappa shape index (κ3) is 3.30. The van der Waals surface area contributed by atoms with Crippen LogP contribution < -0.4 is 0 Å². The SMILES string of the molecule is N#CC1CCOC(COC(=O)O)C1. The molecule has 1 fully saturated rings. The Hall–Kier alpha value is -1.28. The number of hydrogen-bond donors (Lipinski definition) is 1. The first kappa shape index (κ1) is 9.81. The van der Waals surface area contributed by atoms with E-state index in [2.05, 4.69) is 10.8 Å². The second kappa shape index (κ2) is 4.67. The van der Waals surface area contributed by atoms with E-state index in [1.54, 1.807) is 0 Å². The maximum Gasteiger partial charge on any atom is 0.505 e. The van der Waals surface area contributed by atoms with Gasteiger partial charge >= 0.3 is 6.16 Å². The molecule has 0 aromatic heterocycles. The Bertz CT molecular complexity index is 223. The lowest BCUT2D eigenvalue weighted by molar-refractivity contribution is -0.0405. The van der Waals surface area contributed by atoms with Crippen LogP contribution in [0.2, 0.25) is 0 Å². The first-order valence-corrected chi connectivity index (χ1v) is 4.09. The Labute approximate surface area is 75.9 Å². The Morgan fingerprint density at radius 3 is 3.15 bits per heavy atom. The van der Waals surface area contributed by atoms with Crippen molar-refractivity contribution in [2.24, 2.45) is 5.92 Å². The van der Waals surface area contributed by atoms with Crippen LogP contribution in [0.25, 0.3) is 0 Å². The van der Waals surface area contributed by atoms with Crippen molar-refractivity contribution in [3.63, 3.8) is 0 Å². The summed E-state index contributed by atoms with van der Waals surface area (Å²) in [6, 6.07) is 2.14. The van der Waals surface area contributed by atoms with Crippen molar-refractivity contribution < 1.29 is 19.4 Å². The molecule has 5 heteroatoms. The van der Waals surface area contributed by atoms with E-state index in [-0.39, 0.29) is 18.6 Å². The minimum absolute atomic E-state index is 0.0213. The van der Waals surface area contributed by atoms with Crippen LogP contribution in [0.15, 0.2) is 0 Å². The smallest absolute Gasteiger partial charge is 0.450 e. The van der Waals surface area contributed by atoms with Crippen molar-refractivity contribution in [1.29, 1.82) is 5.26 Å². The van der Waals surface area contributed by atoms with Gasteiger partial charge in [-0.2, -0.15) is 5.26 Å². The molecule has 2 atom stereocenters. The molecule has 0 spiro atoms. The van der Waals surface area contributed by atoms with Gasteiger partial charge in [-0.05, 0) is 12.8 Å². The highest BCUT2D eigenvalue weighted by atomic mass is 16.7. The fraction of sp³-hybridized carbons (Fsp3) is 0.750. The van der Waals surface area contributed by atoms with E-state index in [0.717, 1.165) is 6.42 Å². The highest BCUT2D eigenvalue weighted by Gasteiger charge is 2.23. The first-order chi connectivity index (χ1) is 6.22. The summed E-state index contributed by atoms with van der Waals surface area (Å²) < 4.78 is 9.58. The average Bonchev–Trinajstić information content (AvgIpc) is 2.15. The third-order valence-corrected chi connectivity index (χ3v) is 1.94. The number of nitrogens with zero attached hydrogens (tertiary/aromatic N) is 1. The van der Waals surface area contributed by atoms with E-state index >= 15 is 0 Å². The van der Waals surface area contributed by atoms with Gasteiger partial charge in [0.05, 0.1) is 18.1 Å². The second-order valence-electron chi connectivity index (χ2n) is 2.92. The van der Waals surface area contributed by atoms with E-state index in [4.69, 9.17) is 15.1 Å². The number of ether oxygens (including phenoxy) is 2. The van der Waals surface area contributed by atoms with Crippen molar-refractivity contribution in [3.05, 3.63) is 0 Å². The van der Waals surface area contributed by atoms with Gasteiger partial charge in [0.2, 0.25) is 0 Å². The lowest BCUT2D eigenvalue weighted by Gasteiger charge is -2.24. The zero-order valence-corrected chi connectivity index (χ0v) is 7.10. The molecule has 1 N–H and O–H groups in total. The molecule has 5 nitrogen and oxygen atoms in total. The molecule has 1 aliphatic rings. The number of hydrogen-bond acceptors (Lipinski definition) is 4. The highest BCUT2D eigenvalue weighted by molar-refractivity contribution is 5.56. The van der Waals surface area contributed by atoms with Gasteiger partial charge in [0.1, 0.15) is 6.61 Å². The fourth-order valence-electron chi connectivity index (χ4n) is 1.28. The second-order valence-corrected chi connectivity index (χ2v) is 2.92. The van der Waals surface area contributed by atoms with Crippen LogP contribution in [0.5, 0.6) is 0 Å². The van der Waals surface area contributed by atoms with E-state index in [1.807, 2.05) is 0 Å². The molecule has 0 aromatic carbocycles. The average molecular weight is 185 g/mol. The zero-order chi connectivity index (χ0) is 9.68. The van der Waals surface area contributed by atoms with Gasteiger partial charge in [0, 0.05) is 6.61 Å².